The average molecular weight is 495 g/mol. The van der Waals surface area contributed by atoms with Crippen LogP contribution in [0.2, 0.25) is 0 Å². The van der Waals surface area contributed by atoms with Crippen molar-refractivity contribution in [3.63, 3.8) is 0 Å². The van der Waals surface area contributed by atoms with Crippen LogP contribution in [-0.2, 0) is 16.1 Å². The first-order valence-corrected chi connectivity index (χ1v) is 12.4. The quantitative estimate of drug-likeness (QED) is 0.354. The van der Waals surface area contributed by atoms with Crippen LogP contribution < -0.4 is 15.0 Å². The van der Waals surface area contributed by atoms with E-state index in [-0.39, 0.29) is 17.5 Å². The smallest absolute Gasteiger partial charge is 0.287 e. The number of phenolic OH excluding ortho intramolecular Hbond substituents is 1. The first-order chi connectivity index (χ1) is 17.3. The van der Waals surface area contributed by atoms with E-state index in [4.69, 9.17) is 14.9 Å². The summed E-state index contributed by atoms with van der Waals surface area (Å²) in [6.07, 6.45) is 0.757. The number of amides is 1. The fourth-order valence-corrected chi connectivity index (χ4v) is 4.18. The fraction of sp³-hybridized carbons (Fsp3) is 0.429. The van der Waals surface area contributed by atoms with Gasteiger partial charge in [0.1, 0.15) is 11.5 Å². The Hall–Kier alpha value is -3.36. The molecule has 1 fully saturated rings. The Bertz CT molecular complexity index is 1080. The van der Waals surface area contributed by atoms with Gasteiger partial charge in [0.2, 0.25) is 0 Å². The zero-order valence-electron chi connectivity index (χ0n) is 21.8. The Morgan fingerprint density at radius 2 is 1.92 bits per heavy atom. The van der Waals surface area contributed by atoms with Crippen LogP contribution in [0.1, 0.15) is 49.8 Å². The van der Waals surface area contributed by atoms with Crippen molar-refractivity contribution in [3.8, 4) is 11.5 Å². The molecule has 0 aliphatic carbocycles. The molecule has 1 aliphatic rings. The van der Waals surface area contributed by atoms with Crippen molar-refractivity contribution in [1.82, 2.24) is 10.2 Å². The minimum Gasteiger partial charge on any atom is -0.507 e. The summed E-state index contributed by atoms with van der Waals surface area (Å²) in [6.45, 7) is 14.7. The molecule has 0 bridgehead atoms. The van der Waals surface area contributed by atoms with E-state index in [0.717, 1.165) is 50.4 Å². The lowest BCUT2D eigenvalue weighted by atomic mass is 9.97. The molecule has 0 radical (unpaired) electrons. The van der Waals surface area contributed by atoms with E-state index in [0.29, 0.717) is 29.2 Å². The second-order valence-corrected chi connectivity index (χ2v) is 9.21. The Morgan fingerprint density at radius 3 is 2.50 bits per heavy atom. The predicted octanol–water partition coefficient (Wildman–Crippen LogP) is 4.34. The zero-order valence-corrected chi connectivity index (χ0v) is 21.8. The van der Waals surface area contributed by atoms with E-state index in [1.807, 2.05) is 51.1 Å². The Kier molecular flexibility index (Phi) is 9.50. The van der Waals surface area contributed by atoms with Crippen molar-refractivity contribution in [2.75, 3.05) is 44.9 Å². The lowest BCUT2D eigenvalue weighted by molar-refractivity contribution is -0.114. The maximum absolute atomic E-state index is 12.8. The number of methoxy groups -OCH3 is 1. The first kappa shape index (κ1) is 27.2. The van der Waals surface area contributed by atoms with Gasteiger partial charge in [-0.2, -0.15) is 0 Å². The molecule has 0 saturated carbocycles. The summed E-state index contributed by atoms with van der Waals surface area (Å²) in [7, 11) is 1.56. The number of hydrogen-bond acceptors (Lipinski definition) is 6. The number of morpholine rings is 1. The molecule has 1 saturated heterocycles. The predicted molar refractivity (Wildman–Crippen MR) is 144 cm³/mol. The standard InChI is InChI=1S/C28H38N4O4/c1-6-11-30-28(34)27(29)32(20(4)24-16-23(19(2)3)26(35-5)17-25(24)33)22-9-7-21(8-10-22)18-31-12-14-36-15-13-31/h7-10,16-17,19,29,33H,4,6,11-15,18H2,1-3,5H3,(H,30,34). The van der Waals surface area contributed by atoms with Crippen LogP contribution in [0.15, 0.2) is 43.0 Å². The van der Waals surface area contributed by atoms with Gasteiger partial charge in [-0.1, -0.05) is 39.5 Å². The Morgan fingerprint density at radius 1 is 1.25 bits per heavy atom. The number of ether oxygens (including phenoxy) is 2. The van der Waals surface area contributed by atoms with Crippen molar-refractivity contribution < 1.29 is 19.4 Å². The number of rotatable bonds is 9. The topological polar surface area (TPSA) is 98.1 Å². The molecule has 1 amide bonds. The van der Waals surface area contributed by atoms with Gasteiger partial charge in [-0.15, -0.1) is 0 Å². The number of benzene rings is 2. The fourth-order valence-electron chi connectivity index (χ4n) is 4.18. The molecule has 8 nitrogen and oxygen atoms in total. The molecular weight excluding hydrogens is 456 g/mol. The molecule has 8 heteroatoms. The van der Waals surface area contributed by atoms with Crippen LogP contribution in [0.4, 0.5) is 5.69 Å². The third kappa shape index (κ3) is 6.44. The molecule has 1 heterocycles. The SMILES string of the molecule is C=C(c1cc(C(C)C)c(OC)cc1O)N(C(=N)C(=O)NCCC)c1ccc(CN2CCOCC2)cc1. The van der Waals surface area contributed by atoms with Gasteiger partial charge < -0.3 is 19.9 Å². The highest BCUT2D eigenvalue weighted by atomic mass is 16.5. The summed E-state index contributed by atoms with van der Waals surface area (Å²) in [6, 6.07) is 11.1. The molecule has 0 spiro atoms. The molecule has 3 rings (SSSR count). The van der Waals surface area contributed by atoms with Crippen LogP contribution in [0.5, 0.6) is 11.5 Å². The molecule has 2 aromatic carbocycles. The highest BCUT2D eigenvalue weighted by Gasteiger charge is 2.26. The van der Waals surface area contributed by atoms with Crippen LogP contribution in [-0.4, -0.2) is 61.7 Å². The number of hydrogen-bond donors (Lipinski definition) is 3. The summed E-state index contributed by atoms with van der Waals surface area (Å²) < 4.78 is 10.9. The van der Waals surface area contributed by atoms with Gasteiger partial charge in [-0.3, -0.25) is 20.0 Å². The molecule has 3 N–H and O–H groups in total. The van der Waals surface area contributed by atoms with Gasteiger partial charge in [0, 0.05) is 43.5 Å². The number of nitrogens with one attached hydrogen (secondary N) is 2. The molecule has 0 aromatic heterocycles. The zero-order chi connectivity index (χ0) is 26.2. The highest BCUT2D eigenvalue weighted by Crippen LogP contribution is 2.38. The molecule has 0 atom stereocenters. The van der Waals surface area contributed by atoms with Crippen molar-refractivity contribution in [2.24, 2.45) is 0 Å². The van der Waals surface area contributed by atoms with E-state index in [9.17, 15) is 9.90 Å². The lowest BCUT2D eigenvalue weighted by Gasteiger charge is -2.29. The van der Waals surface area contributed by atoms with Gasteiger partial charge in [0.05, 0.1) is 26.0 Å². The second-order valence-electron chi connectivity index (χ2n) is 9.21. The summed E-state index contributed by atoms with van der Waals surface area (Å²) in [5.74, 6) is -0.0960. The highest BCUT2D eigenvalue weighted by molar-refractivity contribution is 6.44. The number of nitrogens with zero attached hydrogens (tertiary/aromatic N) is 2. The third-order valence-corrected chi connectivity index (χ3v) is 6.23. The number of anilines is 1. The Balaban J connectivity index is 1.97. The van der Waals surface area contributed by atoms with Crippen molar-refractivity contribution in [3.05, 3.63) is 59.7 Å². The van der Waals surface area contributed by atoms with Crippen LogP contribution in [0, 0.1) is 5.41 Å². The molecule has 36 heavy (non-hydrogen) atoms. The molecular formula is C28H38N4O4. The van der Waals surface area contributed by atoms with E-state index < -0.39 is 5.91 Å². The van der Waals surface area contributed by atoms with Crippen molar-refractivity contribution in [2.45, 2.75) is 39.7 Å². The van der Waals surface area contributed by atoms with E-state index in [1.54, 1.807) is 13.2 Å². The number of aromatic hydroxyl groups is 1. The third-order valence-electron chi connectivity index (χ3n) is 6.23. The number of amidine groups is 1. The van der Waals surface area contributed by atoms with E-state index >= 15 is 0 Å². The summed E-state index contributed by atoms with van der Waals surface area (Å²) in [4.78, 5) is 16.6. The number of carbonyl (C=O) groups excluding carboxylic acids is 1. The van der Waals surface area contributed by atoms with Crippen LogP contribution in [0.25, 0.3) is 5.70 Å². The monoisotopic (exact) mass is 494 g/mol. The molecule has 1 aliphatic heterocycles. The number of carbonyl (C=O) groups is 1. The van der Waals surface area contributed by atoms with Gasteiger partial charge in [0.25, 0.3) is 5.91 Å². The van der Waals surface area contributed by atoms with Gasteiger partial charge in [-0.05, 0) is 41.7 Å². The van der Waals surface area contributed by atoms with Crippen molar-refractivity contribution >= 4 is 23.1 Å². The summed E-state index contributed by atoms with van der Waals surface area (Å²) in [5.41, 5.74) is 3.40. The average Bonchev–Trinajstić information content (AvgIpc) is 2.88. The molecule has 2 aromatic rings. The maximum atomic E-state index is 12.8. The van der Waals surface area contributed by atoms with Crippen molar-refractivity contribution in [1.29, 1.82) is 5.41 Å². The van der Waals surface area contributed by atoms with Crippen LogP contribution >= 0.6 is 0 Å². The van der Waals surface area contributed by atoms with Gasteiger partial charge in [-0.25, -0.2) is 0 Å². The maximum Gasteiger partial charge on any atom is 0.287 e. The molecule has 0 unspecified atom stereocenters. The minimum absolute atomic E-state index is 0.0306. The van der Waals surface area contributed by atoms with Gasteiger partial charge in [0.15, 0.2) is 5.84 Å². The first-order valence-electron chi connectivity index (χ1n) is 12.4. The molecule has 194 valence electrons. The Labute approximate surface area is 214 Å². The minimum atomic E-state index is -0.507. The van der Waals surface area contributed by atoms with E-state index in [1.165, 1.54) is 4.90 Å². The lowest BCUT2D eigenvalue weighted by Crippen LogP contribution is -2.42. The largest absolute Gasteiger partial charge is 0.507 e. The second kappa shape index (κ2) is 12.6. The van der Waals surface area contributed by atoms with Gasteiger partial charge >= 0.3 is 0 Å². The summed E-state index contributed by atoms with van der Waals surface area (Å²) in [5, 5.41) is 22.3. The van der Waals surface area contributed by atoms with E-state index in [2.05, 4.69) is 16.8 Å². The summed E-state index contributed by atoms with van der Waals surface area (Å²) >= 11 is 0. The number of phenols is 1. The normalized spacial score (nSPS) is 13.9. The van der Waals surface area contributed by atoms with Crippen LogP contribution in [0.3, 0.4) is 0 Å².